The quantitative estimate of drug-likeness (QED) is 0.841. The molecule has 0 aliphatic carbocycles. The minimum atomic E-state index is -0.488. The van der Waals surface area contributed by atoms with E-state index in [-0.39, 0.29) is 11.8 Å². The van der Waals surface area contributed by atoms with E-state index in [1.54, 1.807) is 0 Å². The van der Waals surface area contributed by atoms with Crippen molar-refractivity contribution >= 4 is 11.8 Å². The zero-order valence-electron chi connectivity index (χ0n) is 14.4. The van der Waals surface area contributed by atoms with Crippen molar-refractivity contribution in [3.05, 3.63) is 60.4 Å². The first-order valence-corrected chi connectivity index (χ1v) is 8.95. The lowest BCUT2D eigenvalue weighted by atomic mass is 10.0. The van der Waals surface area contributed by atoms with Gasteiger partial charge >= 0.3 is 0 Å². The van der Waals surface area contributed by atoms with Crippen LogP contribution in [0.2, 0.25) is 0 Å². The van der Waals surface area contributed by atoms with E-state index in [1.807, 2.05) is 64.3 Å². The van der Waals surface area contributed by atoms with Crippen LogP contribution < -0.4 is 5.32 Å². The van der Waals surface area contributed by atoms with Crippen LogP contribution in [0.5, 0.6) is 0 Å². The molecule has 132 valence electrons. The molecule has 1 unspecified atom stereocenters. The molecule has 1 atom stereocenters. The molecule has 1 aliphatic heterocycles. The Morgan fingerprint density at radius 3 is 2.36 bits per heavy atom. The highest BCUT2D eigenvalue weighted by molar-refractivity contribution is 5.88. The second kappa shape index (κ2) is 8.51. The summed E-state index contributed by atoms with van der Waals surface area (Å²) in [4.78, 5) is 27.1. The molecule has 2 aromatic rings. The molecule has 1 aromatic heterocycles. The predicted octanol–water partition coefficient (Wildman–Crippen LogP) is 2.23. The Balaban J connectivity index is 1.62. The summed E-state index contributed by atoms with van der Waals surface area (Å²) >= 11 is 0. The van der Waals surface area contributed by atoms with Crippen LogP contribution in [0.4, 0.5) is 0 Å². The van der Waals surface area contributed by atoms with Crippen molar-refractivity contribution in [2.24, 2.45) is 0 Å². The van der Waals surface area contributed by atoms with E-state index in [0.29, 0.717) is 19.4 Å². The minimum Gasteiger partial charge on any atom is -0.354 e. The number of likely N-dealkylation sites (tertiary alicyclic amines) is 1. The number of rotatable bonds is 7. The van der Waals surface area contributed by atoms with E-state index in [9.17, 15) is 9.59 Å². The standard InChI is InChI=1S/C20H25N3O2/c24-19(10-15-22-11-4-5-12-22)21-18(16-17-8-2-1-3-9-17)20(25)23-13-6-7-14-23/h1-5,8-9,11-12,18H,6-7,10,13-16H2,(H,21,24). The number of hydrogen-bond acceptors (Lipinski definition) is 2. The third kappa shape index (κ3) is 4.95. The summed E-state index contributed by atoms with van der Waals surface area (Å²) in [6, 6.07) is 13.3. The summed E-state index contributed by atoms with van der Waals surface area (Å²) in [7, 11) is 0. The van der Waals surface area contributed by atoms with E-state index >= 15 is 0 Å². The van der Waals surface area contributed by atoms with E-state index in [0.717, 1.165) is 31.5 Å². The van der Waals surface area contributed by atoms with Crippen molar-refractivity contribution in [1.29, 1.82) is 0 Å². The highest BCUT2D eigenvalue weighted by atomic mass is 16.2. The van der Waals surface area contributed by atoms with Gasteiger partial charge in [-0.2, -0.15) is 0 Å². The Labute approximate surface area is 148 Å². The van der Waals surface area contributed by atoms with Crippen molar-refractivity contribution < 1.29 is 9.59 Å². The van der Waals surface area contributed by atoms with Gasteiger partial charge in [-0.1, -0.05) is 30.3 Å². The molecule has 5 heteroatoms. The average Bonchev–Trinajstić information content (AvgIpc) is 3.33. The number of nitrogens with zero attached hydrogens (tertiary/aromatic N) is 2. The summed E-state index contributed by atoms with van der Waals surface area (Å²) in [5, 5.41) is 2.96. The number of nitrogens with one attached hydrogen (secondary N) is 1. The molecule has 1 fully saturated rings. The number of hydrogen-bond donors (Lipinski definition) is 1. The SMILES string of the molecule is O=C(CCn1cccc1)NC(Cc1ccccc1)C(=O)N1CCCC1. The van der Waals surface area contributed by atoms with Gasteiger partial charge in [0.25, 0.3) is 0 Å². The Morgan fingerprint density at radius 1 is 1.00 bits per heavy atom. The van der Waals surface area contributed by atoms with Gasteiger partial charge < -0.3 is 14.8 Å². The smallest absolute Gasteiger partial charge is 0.245 e. The van der Waals surface area contributed by atoms with Gasteiger partial charge in [-0.25, -0.2) is 0 Å². The molecule has 1 aliphatic rings. The molecule has 0 spiro atoms. The molecule has 1 aromatic carbocycles. The van der Waals surface area contributed by atoms with Crippen molar-refractivity contribution in [2.75, 3.05) is 13.1 Å². The molecule has 2 amide bonds. The van der Waals surface area contributed by atoms with Crippen LogP contribution in [0.1, 0.15) is 24.8 Å². The number of amides is 2. The zero-order valence-corrected chi connectivity index (χ0v) is 14.4. The van der Waals surface area contributed by atoms with E-state index < -0.39 is 6.04 Å². The summed E-state index contributed by atoms with van der Waals surface area (Å²) in [6.07, 6.45) is 6.86. The first kappa shape index (κ1) is 17.3. The largest absolute Gasteiger partial charge is 0.354 e. The lowest BCUT2D eigenvalue weighted by Gasteiger charge is -2.24. The van der Waals surface area contributed by atoms with E-state index in [4.69, 9.17) is 0 Å². The van der Waals surface area contributed by atoms with Gasteiger partial charge in [-0.3, -0.25) is 9.59 Å². The van der Waals surface area contributed by atoms with Gasteiger partial charge in [0, 0.05) is 44.9 Å². The number of carbonyl (C=O) groups excluding carboxylic acids is 2. The van der Waals surface area contributed by atoms with Crippen LogP contribution in [0.15, 0.2) is 54.9 Å². The van der Waals surface area contributed by atoms with Crippen LogP contribution >= 0.6 is 0 Å². The van der Waals surface area contributed by atoms with Gasteiger partial charge in [0.05, 0.1) is 0 Å². The molecule has 0 bridgehead atoms. The van der Waals surface area contributed by atoms with E-state index in [2.05, 4.69) is 5.32 Å². The molecular formula is C20H25N3O2. The topological polar surface area (TPSA) is 54.3 Å². The fourth-order valence-electron chi connectivity index (χ4n) is 3.22. The Bertz CT molecular complexity index is 676. The molecule has 1 saturated heterocycles. The summed E-state index contributed by atoms with van der Waals surface area (Å²) in [5.41, 5.74) is 1.06. The van der Waals surface area contributed by atoms with Gasteiger partial charge in [0.2, 0.25) is 11.8 Å². The lowest BCUT2D eigenvalue weighted by molar-refractivity contribution is -0.135. The average molecular weight is 339 g/mol. The lowest BCUT2D eigenvalue weighted by Crippen LogP contribution is -2.49. The maximum atomic E-state index is 12.8. The minimum absolute atomic E-state index is 0.0377. The number of aromatic nitrogens is 1. The Kier molecular flexibility index (Phi) is 5.88. The fourth-order valence-corrected chi connectivity index (χ4v) is 3.22. The molecule has 25 heavy (non-hydrogen) atoms. The third-order valence-electron chi connectivity index (χ3n) is 4.60. The molecule has 3 rings (SSSR count). The molecule has 0 radical (unpaired) electrons. The van der Waals surface area contributed by atoms with Crippen molar-refractivity contribution in [3.63, 3.8) is 0 Å². The highest BCUT2D eigenvalue weighted by Crippen LogP contribution is 2.12. The van der Waals surface area contributed by atoms with Crippen LogP contribution in [0, 0.1) is 0 Å². The fraction of sp³-hybridized carbons (Fsp3) is 0.400. The second-order valence-corrected chi connectivity index (χ2v) is 6.51. The zero-order chi connectivity index (χ0) is 17.5. The molecule has 1 N–H and O–H groups in total. The number of benzene rings is 1. The second-order valence-electron chi connectivity index (χ2n) is 6.51. The normalized spacial score (nSPS) is 15.1. The van der Waals surface area contributed by atoms with Crippen LogP contribution in [-0.4, -0.2) is 40.4 Å². The maximum absolute atomic E-state index is 12.8. The van der Waals surface area contributed by atoms with Gasteiger partial charge in [-0.15, -0.1) is 0 Å². The van der Waals surface area contributed by atoms with Crippen molar-refractivity contribution in [1.82, 2.24) is 14.8 Å². The summed E-state index contributed by atoms with van der Waals surface area (Å²) in [5.74, 6) is -0.0437. The molecular weight excluding hydrogens is 314 g/mol. The number of aryl methyl sites for hydroxylation is 1. The van der Waals surface area contributed by atoms with Crippen LogP contribution in [0.3, 0.4) is 0 Å². The van der Waals surface area contributed by atoms with Crippen molar-refractivity contribution in [2.45, 2.75) is 38.3 Å². The molecule has 0 saturated carbocycles. The first-order chi connectivity index (χ1) is 12.2. The Morgan fingerprint density at radius 2 is 1.68 bits per heavy atom. The predicted molar refractivity (Wildman–Crippen MR) is 96.9 cm³/mol. The molecule has 2 heterocycles. The number of carbonyl (C=O) groups is 2. The van der Waals surface area contributed by atoms with Crippen LogP contribution in [0.25, 0.3) is 0 Å². The maximum Gasteiger partial charge on any atom is 0.245 e. The summed E-state index contributed by atoms with van der Waals surface area (Å²) in [6.45, 7) is 2.21. The monoisotopic (exact) mass is 339 g/mol. The van der Waals surface area contributed by atoms with E-state index in [1.165, 1.54) is 0 Å². The van der Waals surface area contributed by atoms with Crippen molar-refractivity contribution in [3.8, 4) is 0 Å². The molecule has 5 nitrogen and oxygen atoms in total. The van der Waals surface area contributed by atoms with Gasteiger partial charge in [0.15, 0.2) is 0 Å². The highest BCUT2D eigenvalue weighted by Gasteiger charge is 2.27. The third-order valence-corrected chi connectivity index (χ3v) is 4.60. The van der Waals surface area contributed by atoms with Gasteiger partial charge in [-0.05, 0) is 30.5 Å². The summed E-state index contributed by atoms with van der Waals surface area (Å²) < 4.78 is 1.97. The van der Waals surface area contributed by atoms with Gasteiger partial charge in [0.1, 0.15) is 6.04 Å². The Hall–Kier alpha value is -2.56. The van der Waals surface area contributed by atoms with Crippen LogP contribution in [-0.2, 0) is 22.6 Å². The first-order valence-electron chi connectivity index (χ1n) is 8.95.